The zero-order valence-electron chi connectivity index (χ0n) is 25.3. The lowest BCUT2D eigenvalue weighted by Crippen LogP contribution is -2.81. The number of likely N-dealkylation sites (N-methyl/N-ethyl adjacent to an activating group) is 1. The van der Waals surface area contributed by atoms with Gasteiger partial charge in [-0.1, -0.05) is 61.5 Å². The third kappa shape index (κ3) is 3.39. The largest absolute Gasteiger partial charge is 0.496 e. The first-order chi connectivity index (χ1) is 20.7. The highest BCUT2D eigenvalue weighted by atomic mass is 16.6. The topological polar surface area (TPSA) is 88.5 Å². The van der Waals surface area contributed by atoms with Crippen molar-refractivity contribution in [2.75, 3.05) is 39.3 Å². The van der Waals surface area contributed by atoms with Crippen molar-refractivity contribution in [1.29, 1.82) is 0 Å². The summed E-state index contributed by atoms with van der Waals surface area (Å²) in [5.74, 6) is -0.641. The van der Waals surface area contributed by atoms with Crippen LogP contribution in [0, 0.1) is 5.41 Å². The van der Waals surface area contributed by atoms with Crippen molar-refractivity contribution in [3.63, 3.8) is 0 Å². The molecule has 3 aromatic carbocycles. The normalized spacial score (nSPS) is 32.2. The SMILES string of the molecule is CC[C@]12C=CCN3CC[C@@]4(c5cc(-c6cccc7ccccc67)c(OC)cc5N(C)[C@H]4[C@@](O)(C(=O)OC)[C@@H]1OC(C)=O)[C@@H]32. The Labute approximate surface area is 251 Å². The van der Waals surface area contributed by atoms with Crippen LogP contribution in [0.1, 0.15) is 32.3 Å². The monoisotopic (exact) mass is 582 g/mol. The molecule has 8 nitrogen and oxygen atoms in total. The maximum atomic E-state index is 13.9. The van der Waals surface area contributed by atoms with Crippen LogP contribution in [0.4, 0.5) is 5.69 Å². The summed E-state index contributed by atoms with van der Waals surface area (Å²) in [6.45, 7) is 4.90. The number of nitrogens with zero attached hydrogens (tertiary/aromatic N) is 2. The van der Waals surface area contributed by atoms with Crippen molar-refractivity contribution in [3.8, 4) is 16.9 Å². The smallest absolute Gasteiger partial charge is 0.344 e. The average Bonchev–Trinajstić information content (AvgIpc) is 3.53. The van der Waals surface area contributed by atoms with Crippen molar-refractivity contribution in [1.82, 2.24) is 4.90 Å². The van der Waals surface area contributed by atoms with E-state index in [2.05, 4.69) is 53.5 Å². The van der Waals surface area contributed by atoms with Crippen LogP contribution < -0.4 is 9.64 Å². The second kappa shape index (κ2) is 9.56. The minimum absolute atomic E-state index is 0.133. The third-order valence-corrected chi connectivity index (χ3v) is 10.8. The summed E-state index contributed by atoms with van der Waals surface area (Å²) >= 11 is 0. The Bertz CT molecular complexity index is 1680. The number of rotatable bonds is 5. The van der Waals surface area contributed by atoms with Gasteiger partial charge in [-0.2, -0.15) is 0 Å². The van der Waals surface area contributed by atoms with E-state index in [1.165, 1.54) is 14.0 Å². The zero-order chi connectivity index (χ0) is 30.3. The fourth-order valence-electron chi connectivity index (χ4n) is 9.42. The molecule has 3 aromatic rings. The molecule has 1 saturated carbocycles. The van der Waals surface area contributed by atoms with Gasteiger partial charge in [0.25, 0.3) is 0 Å². The molecule has 0 radical (unpaired) electrons. The van der Waals surface area contributed by atoms with Gasteiger partial charge in [0, 0.05) is 54.7 Å². The van der Waals surface area contributed by atoms with Gasteiger partial charge in [0.1, 0.15) is 5.75 Å². The predicted molar refractivity (Wildman–Crippen MR) is 164 cm³/mol. The summed E-state index contributed by atoms with van der Waals surface area (Å²) in [6.07, 6.45) is 4.30. The van der Waals surface area contributed by atoms with E-state index in [0.29, 0.717) is 12.2 Å². The summed E-state index contributed by atoms with van der Waals surface area (Å²) in [5.41, 5.74) is 0.309. The predicted octanol–water partition coefficient (Wildman–Crippen LogP) is 4.46. The van der Waals surface area contributed by atoms with Crippen molar-refractivity contribution >= 4 is 28.4 Å². The number of carbonyl (C=O) groups is 2. The van der Waals surface area contributed by atoms with Crippen molar-refractivity contribution in [3.05, 3.63) is 72.3 Å². The fourth-order valence-corrected chi connectivity index (χ4v) is 9.42. The number of hydrogen-bond acceptors (Lipinski definition) is 8. The van der Waals surface area contributed by atoms with Gasteiger partial charge in [-0.05, 0) is 47.4 Å². The summed E-state index contributed by atoms with van der Waals surface area (Å²) < 4.78 is 17.4. The molecule has 0 bridgehead atoms. The van der Waals surface area contributed by atoms with Gasteiger partial charge in [-0.25, -0.2) is 4.79 Å². The number of esters is 2. The van der Waals surface area contributed by atoms with E-state index < -0.39 is 40.5 Å². The molecule has 1 saturated heterocycles. The number of hydrogen-bond donors (Lipinski definition) is 1. The molecular weight excluding hydrogens is 544 g/mol. The minimum atomic E-state index is -2.15. The Morgan fingerprint density at radius 2 is 1.81 bits per heavy atom. The maximum absolute atomic E-state index is 13.9. The second-order valence-corrected chi connectivity index (χ2v) is 12.5. The van der Waals surface area contributed by atoms with E-state index >= 15 is 0 Å². The van der Waals surface area contributed by atoms with Crippen LogP contribution >= 0.6 is 0 Å². The molecule has 7 rings (SSSR count). The summed E-state index contributed by atoms with van der Waals surface area (Å²) in [4.78, 5) is 31.0. The Balaban J connectivity index is 1.56. The van der Waals surface area contributed by atoms with Gasteiger partial charge in [0.2, 0.25) is 5.60 Å². The van der Waals surface area contributed by atoms with Gasteiger partial charge in [0.15, 0.2) is 6.10 Å². The van der Waals surface area contributed by atoms with Crippen LogP contribution in [0.25, 0.3) is 21.9 Å². The highest BCUT2D eigenvalue weighted by Gasteiger charge is 2.80. The molecule has 8 heteroatoms. The molecule has 43 heavy (non-hydrogen) atoms. The Hall–Kier alpha value is -3.88. The van der Waals surface area contributed by atoms with E-state index in [1.54, 1.807) is 7.11 Å². The number of aliphatic hydroxyl groups is 1. The summed E-state index contributed by atoms with van der Waals surface area (Å²) in [7, 11) is 4.86. The van der Waals surface area contributed by atoms with Gasteiger partial charge in [0.05, 0.1) is 20.3 Å². The lowest BCUT2D eigenvalue weighted by atomic mass is 9.47. The van der Waals surface area contributed by atoms with E-state index in [-0.39, 0.29) is 6.04 Å². The van der Waals surface area contributed by atoms with Gasteiger partial charge < -0.3 is 24.2 Å². The number of fused-ring (bicyclic) bond motifs is 2. The van der Waals surface area contributed by atoms with Crippen molar-refractivity contribution in [2.24, 2.45) is 5.41 Å². The van der Waals surface area contributed by atoms with Gasteiger partial charge in [-0.15, -0.1) is 0 Å². The molecule has 0 unspecified atom stereocenters. The molecule has 0 amide bonds. The van der Waals surface area contributed by atoms with Crippen molar-refractivity contribution in [2.45, 2.75) is 55.9 Å². The summed E-state index contributed by atoms with van der Waals surface area (Å²) in [6, 6.07) is 18.0. The second-order valence-electron chi connectivity index (χ2n) is 12.5. The van der Waals surface area contributed by atoms with Crippen LogP contribution in [-0.4, -0.2) is 80.1 Å². The van der Waals surface area contributed by atoms with Crippen LogP contribution in [0.15, 0.2) is 66.7 Å². The van der Waals surface area contributed by atoms with Gasteiger partial charge >= 0.3 is 11.9 Å². The van der Waals surface area contributed by atoms with E-state index in [0.717, 1.165) is 52.7 Å². The molecule has 0 aromatic heterocycles. The lowest BCUT2D eigenvalue weighted by molar-refractivity contribution is -0.228. The standard InChI is InChI=1S/C35H38N2O6/c1-6-33-15-10-17-37-18-16-34(29(33)37)26-19-25(24-14-9-12-22-11-7-8-13-23(22)24)28(41-4)20-27(26)36(3)30(34)35(40,32(39)42-5)31(33)43-21(2)38/h7-15,19-20,29-31,40H,6,16-18H2,1-5H3/t29-,30+,31+,33+,34+,35-/m0/s1. The molecule has 224 valence electrons. The number of ether oxygens (including phenoxy) is 3. The quantitative estimate of drug-likeness (QED) is 0.349. The lowest BCUT2D eigenvalue weighted by Gasteiger charge is -2.63. The first-order valence-electron chi connectivity index (χ1n) is 15.0. The Kier molecular flexibility index (Phi) is 6.21. The number of carbonyl (C=O) groups excluding carboxylic acids is 2. The van der Waals surface area contributed by atoms with E-state index in [4.69, 9.17) is 14.2 Å². The van der Waals surface area contributed by atoms with Crippen LogP contribution in [0.2, 0.25) is 0 Å². The molecule has 3 heterocycles. The summed E-state index contributed by atoms with van der Waals surface area (Å²) in [5, 5.41) is 15.1. The third-order valence-electron chi connectivity index (χ3n) is 10.8. The highest BCUT2D eigenvalue weighted by molar-refractivity contribution is 5.99. The molecule has 4 aliphatic rings. The van der Waals surface area contributed by atoms with Gasteiger partial charge in [-0.3, -0.25) is 9.69 Å². The molecule has 1 spiro atoms. The van der Waals surface area contributed by atoms with Crippen molar-refractivity contribution < 1.29 is 28.9 Å². The van der Waals surface area contributed by atoms with Crippen LogP contribution in [-0.2, 0) is 24.5 Å². The van der Waals surface area contributed by atoms with Crippen LogP contribution in [0.3, 0.4) is 0 Å². The Morgan fingerprint density at radius 1 is 1.05 bits per heavy atom. The maximum Gasteiger partial charge on any atom is 0.344 e. The number of benzene rings is 3. The highest BCUT2D eigenvalue weighted by Crippen LogP contribution is 2.68. The first-order valence-corrected chi connectivity index (χ1v) is 15.0. The first kappa shape index (κ1) is 27.9. The molecular formula is C35H38N2O6. The molecule has 1 N–H and O–H groups in total. The van der Waals surface area contributed by atoms with Crippen LogP contribution in [0.5, 0.6) is 5.75 Å². The molecule has 3 aliphatic heterocycles. The zero-order valence-corrected chi connectivity index (χ0v) is 25.3. The molecule has 1 aliphatic carbocycles. The molecule has 6 atom stereocenters. The average molecular weight is 583 g/mol. The number of anilines is 1. The minimum Gasteiger partial charge on any atom is -0.496 e. The number of methoxy groups -OCH3 is 2. The van der Waals surface area contributed by atoms with E-state index in [1.807, 2.05) is 37.1 Å². The van der Waals surface area contributed by atoms with E-state index in [9.17, 15) is 14.7 Å². The fraction of sp³-hybridized carbons (Fsp3) is 0.429. The molecule has 2 fully saturated rings. The Morgan fingerprint density at radius 3 is 2.53 bits per heavy atom.